The molecule has 0 saturated carbocycles. The van der Waals surface area contributed by atoms with E-state index < -0.39 is 7.90 Å². The molecule has 0 bridgehead atoms. The first-order chi connectivity index (χ1) is 2.81. The Morgan fingerprint density at radius 1 is 3.00 bits per heavy atom. The predicted molar refractivity (Wildman–Crippen MR) is 25.6 cm³/mol. The molecule has 2 atom stereocenters. The zero-order chi connectivity index (χ0) is 4.99. The van der Waals surface area contributed by atoms with Crippen molar-refractivity contribution in [3.8, 4) is 0 Å². The van der Waals surface area contributed by atoms with Crippen molar-refractivity contribution in [2.24, 2.45) is 0 Å². The Kier molecular flexibility index (Phi) is 2.17. The summed E-state index contributed by atoms with van der Waals surface area (Å²) in [5.41, 5.74) is 0. The molecule has 0 aliphatic rings. The molecule has 0 aromatic rings. The zero-order valence-corrected chi connectivity index (χ0v) is 4.59. The lowest BCUT2D eigenvalue weighted by molar-refractivity contribution is 0.605. The van der Waals surface area contributed by atoms with Crippen molar-refractivity contribution in [1.29, 1.82) is 2.56 Å². The molecule has 0 spiro atoms. The molecule has 0 aliphatic heterocycles. The molecule has 0 aromatic carbocycles. The predicted octanol–water partition coefficient (Wildman–Crippen LogP) is 1.66. The minimum atomic E-state index is -1.22. The van der Waals surface area contributed by atoms with Crippen molar-refractivity contribution in [3.63, 3.8) is 0 Å². The summed E-state index contributed by atoms with van der Waals surface area (Å²) >= 11 is 0. The van der Waals surface area contributed by atoms with Crippen LogP contribution in [0.4, 0.5) is 0 Å². The van der Waals surface area contributed by atoms with Crippen LogP contribution in [0.1, 0.15) is 0 Å². The SMILES string of the molecule is [2H]P(P=O)P[3H]. The number of hydrogen-bond donors (Lipinski definition) is 0. The van der Waals surface area contributed by atoms with Crippen molar-refractivity contribution in [2.75, 3.05) is 0 Å². The van der Waals surface area contributed by atoms with Gasteiger partial charge >= 0.3 is 0 Å². The average Bonchev–Trinajstić information content (AvgIpc) is 1.65. The van der Waals surface area contributed by atoms with Gasteiger partial charge in [0.25, 0.3) is 0 Å². The summed E-state index contributed by atoms with van der Waals surface area (Å²) in [6.45, 7) is 0. The summed E-state index contributed by atoms with van der Waals surface area (Å²) in [7, 11) is -1.59. The summed E-state index contributed by atoms with van der Waals surface area (Å²) in [5, 5.41) is 0. The maximum Gasteiger partial charge on any atom is 0.181 e. The van der Waals surface area contributed by atoms with Gasteiger partial charge in [0, 0.05) is 0 Å². The van der Waals surface area contributed by atoms with Crippen LogP contribution in [-0.2, 0) is 4.57 Å². The molecular weight excluding hydrogens is 109 g/mol. The highest BCUT2D eigenvalue weighted by Crippen LogP contribution is 2.33. The van der Waals surface area contributed by atoms with Gasteiger partial charge in [0.15, 0.2) is 8.15 Å². The monoisotopic (exact) mass is 115 g/mol. The zero-order valence-electron chi connectivity index (χ0n) is 3.80. The first-order valence-electron chi connectivity index (χ1n) is 1.55. The maximum atomic E-state index is 9.56. The Labute approximate surface area is 33.1 Å². The molecule has 4 heavy (non-hydrogen) atoms. The Morgan fingerprint density at radius 3 is 3.75 bits per heavy atom. The Bertz CT molecular complexity index is 46.1. The molecule has 2 unspecified atom stereocenters. The standard InChI is InChI=1S/H3OP3/c1-3-4-2/h4H,2H2/i2T,4D. The van der Waals surface area contributed by atoms with Gasteiger partial charge in [-0.3, -0.25) is 4.57 Å². The highest BCUT2D eigenvalue weighted by Gasteiger charge is 1.54. The number of rotatable bonds is 2. The molecule has 0 aromatic heterocycles. The summed E-state index contributed by atoms with van der Waals surface area (Å²) in [4.78, 5) is 0. The minimum Gasteiger partial charge on any atom is -0.270 e. The molecule has 1 nitrogen and oxygen atoms in total. The van der Waals surface area contributed by atoms with E-state index >= 15 is 0 Å². The average molecular weight is 115 g/mol. The van der Waals surface area contributed by atoms with E-state index in [2.05, 4.69) is 0 Å². The van der Waals surface area contributed by atoms with Crippen LogP contribution in [0.25, 0.3) is 0 Å². The minimum absolute atomic E-state index is 0.166. The Balaban J connectivity index is 2.96. The molecule has 0 radical (unpaired) electrons. The molecule has 0 fully saturated rings. The van der Waals surface area contributed by atoms with Crippen molar-refractivity contribution in [2.45, 2.75) is 0 Å². The van der Waals surface area contributed by atoms with E-state index in [9.17, 15) is 4.57 Å². The van der Waals surface area contributed by atoms with Gasteiger partial charge in [-0.05, 0) is 7.90 Å². The summed E-state index contributed by atoms with van der Waals surface area (Å²) < 4.78 is 22.7. The second-order valence-corrected chi connectivity index (χ2v) is 3.43. The summed E-state index contributed by atoms with van der Waals surface area (Å²) in [6, 6.07) is 0. The lowest BCUT2D eigenvalue weighted by atomic mass is 16.0. The van der Waals surface area contributed by atoms with E-state index in [0.717, 1.165) is 0 Å². The second kappa shape index (κ2) is 3.96. The molecule has 24 valence electrons. The third-order valence-corrected chi connectivity index (χ3v) is 1.10. The molecule has 0 saturated heterocycles. The number of hydrogen-bond acceptors (Lipinski definition) is 1. The fourth-order valence-electron chi connectivity index (χ4n) is 0. The van der Waals surface area contributed by atoms with E-state index in [1.54, 1.807) is 0 Å². The van der Waals surface area contributed by atoms with Gasteiger partial charge in [0.2, 0.25) is 0 Å². The molecule has 0 rings (SSSR count). The van der Waals surface area contributed by atoms with Crippen LogP contribution in [0.2, 0.25) is 0 Å². The summed E-state index contributed by atoms with van der Waals surface area (Å²) in [6.07, 6.45) is 0. The smallest absolute Gasteiger partial charge is 0.181 e. The van der Waals surface area contributed by atoms with Crippen molar-refractivity contribution in [3.05, 3.63) is 0 Å². The van der Waals surface area contributed by atoms with Crippen molar-refractivity contribution < 1.29 is 4.57 Å². The van der Waals surface area contributed by atoms with Crippen LogP contribution in [0.3, 0.4) is 0 Å². The lowest BCUT2D eigenvalue weighted by Crippen LogP contribution is -0.805. The third-order valence-electron chi connectivity index (χ3n) is 0.0408. The topological polar surface area (TPSA) is 17.1 Å². The van der Waals surface area contributed by atoms with Gasteiger partial charge in [-0.25, -0.2) is 0 Å². The first-order valence-corrected chi connectivity index (χ1v) is 4.36. The molecule has 0 aliphatic carbocycles. The first kappa shape index (κ1) is 2.19. The molecule has 4 heteroatoms. The molecular formula is H3OP3. The van der Waals surface area contributed by atoms with Gasteiger partial charge in [-0.1, -0.05) is 0 Å². The van der Waals surface area contributed by atoms with Gasteiger partial charge in [-0.2, -0.15) is 0 Å². The van der Waals surface area contributed by atoms with E-state index in [1.807, 2.05) is 0 Å². The highest BCUT2D eigenvalue weighted by atomic mass is 32.4. The van der Waals surface area contributed by atoms with Crippen LogP contribution in [0, 0.1) is 0 Å². The van der Waals surface area contributed by atoms with Crippen LogP contribution in [0.15, 0.2) is 0 Å². The van der Waals surface area contributed by atoms with E-state index in [-0.39, 0.29) is 17.0 Å². The lowest BCUT2D eigenvalue weighted by Gasteiger charge is -1.50. The fraction of sp³-hybridized carbons (Fsp3) is 0. The Hall–Kier alpha value is 0.960. The van der Waals surface area contributed by atoms with Gasteiger partial charge in [-0.15, -0.1) is 8.87 Å². The van der Waals surface area contributed by atoms with E-state index in [1.165, 1.54) is 0 Å². The molecule has 0 amide bonds. The third kappa shape index (κ3) is 2.96. The van der Waals surface area contributed by atoms with Crippen molar-refractivity contribution >= 4 is 24.9 Å². The van der Waals surface area contributed by atoms with E-state index in [4.69, 9.17) is 2.56 Å². The fourth-order valence-corrected chi connectivity index (χ4v) is 0. The maximum absolute atomic E-state index is 9.56. The van der Waals surface area contributed by atoms with Gasteiger partial charge in [0.1, 0.15) is 0 Å². The van der Waals surface area contributed by atoms with Gasteiger partial charge < -0.3 is 0 Å². The largest absolute Gasteiger partial charge is 0.270 e. The molecule has 0 N–H and O–H groups in total. The van der Waals surface area contributed by atoms with E-state index in [0.29, 0.717) is 0 Å². The quantitative estimate of drug-likeness (QED) is 0.500. The Morgan fingerprint density at radius 2 is 3.75 bits per heavy atom. The van der Waals surface area contributed by atoms with Crippen LogP contribution < -0.4 is 0 Å². The highest BCUT2D eigenvalue weighted by molar-refractivity contribution is 8.35. The normalized spacial score (nSPS) is 26.0. The molecule has 0 heterocycles. The van der Waals surface area contributed by atoms with Crippen LogP contribution >= 0.6 is 24.9 Å². The van der Waals surface area contributed by atoms with Crippen LogP contribution in [-0.4, -0.2) is 2.56 Å². The second-order valence-electron chi connectivity index (χ2n) is 0.182. The van der Waals surface area contributed by atoms with Gasteiger partial charge in [0.05, 0.1) is 2.56 Å². The van der Waals surface area contributed by atoms with Crippen molar-refractivity contribution in [1.82, 2.24) is 0 Å². The van der Waals surface area contributed by atoms with Crippen LogP contribution in [0.5, 0.6) is 0 Å². The summed E-state index contributed by atoms with van der Waals surface area (Å²) in [5.74, 6) is 0.